The van der Waals surface area contributed by atoms with Crippen molar-refractivity contribution in [3.63, 3.8) is 0 Å². The summed E-state index contributed by atoms with van der Waals surface area (Å²) in [5.74, 6) is 0.773. The third-order valence-corrected chi connectivity index (χ3v) is 2.28. The summed E-state index contributed by atoms with van der Waals surface area (Å²) in [6, 6.07) is 4.86. The van der Waals surface area contributed by atoms with E-state index in [1.54, 1.807) is 6.07 Å². The number of hydrogen-bond acceptors (Lipinski definition) is 5. The quantitative estimate of drug-likeness (QED) is 0.859. The maximum Gasteiger partial charge on any atom is 0.371 e. The van der Waals surface area contributed by atoms with Crippen molar-refractivity contribution in [3.8, 4) is 0 Å². The van der Waals surface area contributed by atoms with Gasteiger partial charge in [-0.2, -0.15) is 0 Å². The molecule has 0 radical (unpaired) electrons. The highest BCUT2D eigenvalue weighted by Crippen LogP contribution is 2.11. The molecular weight excluding hydrogens is 234 g/mol. The highest BCUT2D eigenvalue weighted by Gasteiger charge is 2.08. The van der Waals surface area contributed by atoms with Gasteiger partial charge in [0.15, 0.2) is 0 Å². The lowest BCUT2D eigenvalue weighted by Crippen LogP contribution is -2.03. The molecule has 0 fully saturated rings. The lowest BCUT2D eigenvalue weighted by atomic mass is 10.4. The molecule has 0 aliphatic rings. The van der Waals surface area contributed by atoms with E-state index in [1.165, 1.54) is 6.07 Å². The van der Waals surface area contributed by atoms with Crippen LogP contribution in [0.25, 0.3) is 0 Å². The molecule has 2 aromatic heterocycles. The third kappa shape index (κ3) is 2.85. The van der Waals surface area contributed by atoms with E-state index in [9.17, 15) is 4.79 Å². The van der Waals surface area contributed by atoms with E-state index in [0.29, 0.717) is 23.9 Å². The van der Waals surface area contributed by atoms with Gasteiger partial charge in [-0.25, -0.2) is 14.8 Å². The van der Waals surface area contributed by atoms with Crippen LogP contribution in [0.1, 0.15) is 27.8 Å². The van der Waals surface area contributed by atoms with Gasteiger partial charge >= 0.3 is 5.97 Å². The van der Waals surface area contributed by atoms with Gasteiger partial charge in [-0.05, 0) is 26.0 Å². The first-order chi connectivity index (χ1) is 8.54. The minimum atomic E-state index is -1.07. The lowest BCUT2D eigenvalue weighted by molar-refractivity contribution is 0.0660. The van der Waals surface area contributed by atoms with Crippen LogP contribution in [0.15, 0.2) is 22.6 Å². The first-order valence-electron chi connectivity index (χ1n) is 5.43. The molecule has 0 aromatic carbocycles. The molecule has 0 amide bonds. The molecule has 0 unspecified atom stereocenters. The summed E-state index contributed by atoms with van der Waals surface area (Å²) >= 11 is 0. The van der Waals surface area contributed by atoms with Gasteiger partial charge in [0, 0.05) is 11.8 Å². The number of carboxylic acids is 1. The Labute approximate surface area is 104 Å². The van der Waals surface area contributed by atoms with E-state index < -0.39 is 5.97 Å². The number of carbonyl (C=O) groups is 1. The molecule has 2 N–H and O–H groups in total. The van der Waals surface area contributed by atoms with Crippen LogP contribution < -0.4 is 5.32 Å². The zero-order valence-corrected chi connectivity index (χ0v) is 10.1. The van der Waals surface area contributed by atoms with Crippen molar-refractivity contribution in [2.45, 2.75) is 20.4 Å². The van der Waals surface area contributed by atoms with Crippen molar-refractivity contribution < 1.29 is 14.3 Å². The van der Waals surface area contributed by atoms with Crippen molar-refractivity contribution in [2.24, 2.45) is 0 Å². The molecule has 2 rings (SSSR count). The van der Waals surface area contributed by atoms with E-state index in [-0.39, 0.29) is 5.76 Å². The summed E-state index contributed by atoms with van der Waals surface area (Å²) in [4.78, 5) is 19.0. The van der Waals surface area contributed by atoms with Gasteiger partial charge in [-0.15, -0.1) is 0 Å². The number of aryl methyl sites for hydroxylation is 2. The molecule has 0 saturated heterocycles. The minimum Gasteiger partial charge on any atom is -0.475 e. The van der Waals surface area contributed by atoms with Crippen molar-refractivity contribution in [3.05, 3.63) is 41.2 Å². The molecule has 0 aliphatic heterocycles. The maximum atomic E-state index is 10.6. The van der Waals surface area contributed by atoms with Gasteiger partial charge in [0.05, 0.1) is 6.54 Å². The van der Waals surface area contributed by atoms with Crippen molar-refractivity contribution in [1.29, 1.82) is 0 Å². The van der Waals surface area contributed by atoms with Crippen LogP contribution in [0.5, 0.6) is 0 Å². The number of aromatic carboxylic acids is 1. The van der Waals surface area contributed by atoms with E-state index in [2.05, 4.69) is 15.3 Å². The molecule has 0 spiro atoms. The predicted molar refractivity (Wildman–Crippen MR) is 64.5 cm³/mol. The summed E-state index contributed by atoms with van der Waals surface area (Å²) in [7, 11) is 0. The molecule has 94 valence electrons. The van der Waals surface area contributed by atoms with Gasteiger partial charge in [0.2, 0.25) is 5.76 Å². The Morgan fingerprint density at radius 1 is 1.39 bits per heavy atom. The number of hydrogen-bond donors (Lipinski definition) is 2. The third-order valence-electron chi connectivity index (χ3n) is 2.28. The molecular formula is C12H13N3O3. The standard InChI is InChI=1S/C12H13N3O3/c1-7-5-11(15-8(2)14-7)13-6-9-3-4-10(18-9)12(16)17/h3-5H,6H2,1-2H3,(H,16,17)(H,13,14,15). The Balaban J connectivity index is 2.04. The van der Waals surface area contributed by atoms with E-state index in [4.69, 9.17) is 9.52 Å². The number of furan rings is 1. The fourth-order valence-corrected chi connectivity index (χ4v) is 1.57. The van der Waals surface area contributed by atoms with Gasteiger partial charge in [-0.3, -0.25) is 0 Å². The molecule has 0 aliphatic carbocycles. The van der Waals surface area contributed by atoms with Crippen LogP contribution >= 0.6 is 0 Å². The second-order valence-corrected chi connectivity index (χ2v) is 3.87. The predicted octanol–water partition coefficient (Wildman–Crippen LogP) is 2.00. The highest BCUT2D eigenvalue weighted by atomic mass is 16.4. The molecule has 2 heterocycles. The number of anilines is 1. The highest BCUT2D eigenvalue weighted by molar-refractivity contribution is 5.84. The van der Waals surface area contributed by atoms with Crippen LogP contribution in [0.3, 0.4) is 0 Å². The molecule has 6 nitrogen and oxygen atoms in total. The van der Waals surface area contributed by atoms with Crippen molar-refractivity contribution in [1.82, 2.24) is 9.97 Å². The topological polar surface area (TPSA) is 88.2 Å². The summed E-state index contributed by atoms with van der Waals surface area (Å²) in [6.07, 6.45) is 0. The largest absolute Gasteiger partial charge is 0.475 e. The molecule has 6 heteroatoms. The summed E-state index contributed by atoms with van der Waals surface area (Å²) in [6.45, 7) is 4.08. The van der Waals surface area contributed by atoms with Gasteiger partial charge < -0.3 is 14.8 Å². The SMILES string of the molecule is Cc1cc(NCc2ccc(C(=O)O)o2)nc(C)n1. The van der Waals surface area contributed by atoms with E-state index in [0.717, 1.165) is 5.69 Å². The van der Waals surface area contributed by atoms with Crippen LogP contribution in [-0.4, -0.2) is 21.0 Å². The molecule has 0 saturated carbocycles. The number of rotatable bonds is 4. The average Bonchev–Trinajstić information content (AvgIpc) is 2.73. The van der Waals surface area contributed by atoms with Crippen LogP contribution in [0, 0.1) is 13.8 Å². The Kier molecular flexibility index (Phi) is 3.27. The zero-order valence-electron chi connectivity index (χ0n) is 10.1. The number of nitrogens with one attached hydrogen (secondary N) is 1. The summed E-state index contributed by atoms with van der Waals surface area (Å²) < 4.78 is 5.12. The molecule has 0 atom stereocenters. The molecule has 2 aromatic rings. The Morgan fingerprint density at radius 3 is 2.78 bits per heavy atom. The van der Waals surface area contributed by atoms with Crippen LogP contribution in [0.2, 0.25) is 0 Å². The lowest BCUT2D eigenvalue weighted by Gasteiger charge is -2.05. The zero-order chi connectivity index (χ0) is 13.1. The first kappa shape index (κ1) is 12.1. The van der Waals surface area contributed by atoms with E-state index >= 15 is 0 Å². The average molecular weight is 247 g/mol. The molecule has 0 bridgehead atoms. The molecule has 18 heavy (non-hydrogen) atoms. The summed E-state index contributed by atoms with van der Waals surface area (Å²) in [5.41, 5.74) is 0.871. The number of carboxylic acid groups (broad SMARTS) is 1. The van der Waals surface area contributed by atoms with Crippen molar-refractivity contribution in [2.75, 3.05) is 5.32 Å². The van der Waals surface area contributed by atoms with Crippen LogP contribution in [-0.2, 0) is 6.54 Å². The number of aromatic nitrogens is 2. The minimum absolute atomic E-state index is 0.0677. The Morgan fingerprint density at radius 2 is 2.17 bits per heavy atom. The first-order valence-corrected chi connectivity index (χ1v) is 5.43. The van der Waals surface area contributed by atoms with Gasteiger partial charge in [0.25, 0.3) is 0 Å². The van der Waals surface area contributed by atoms with Crippen molar-refractivity contribution >= 4 is 11.8 Å². The maximum absolute atomic E-state index is 10.6. The fraction of sp³-hybridized carbons (Fsp3) is 0.250. The van der Waals surface area contributed by atoms with Gasteiger partial charge in [-0.1, -0.05) is 0 Å². The Bertz CT molecular complexity index is 557. The number of nitrogens with zero attached hydrogens (tertiary/aromatic N) is 2. The Hall–Kier alpha value is -2.37. The normalized spacial score (nSPS) is 10.3. The summed E-state index contributed by atoms with van der Waals surface area (Å²) in [5, 5.41) is 11.8. The monoisotopic (exact) mass is 247 g/mol. The van der Waals surface area contributed by atoms with Crippen LogP contribution in [0.4, 0.5) is 5.82 Å². The second kappa shape index (κ2) is 4.87. The smallest absolute Gasteiger partial charge is 0.371 e. The fourth-order valence-electron chi connectivity index (χ4n) is 1.57. The van der Waals surface area contributed by atoms with E-state index in [1.807, 2.05) is 19.9 Å². The second-order valence-electron chi connectivity index (χ2n) is 3.87. The van der Waals surface area contributed by atoms with Gasteiger partial charge in [0.1, 0.15) is 17.4 Å².